The van der Waals surface area contributed by atoms with Gasteiger partial charge in [0.2, 0.25) is 0 Å². The summed E-state index contributed by atoms with van der Waals surface area (Å²) in [5.74, 6) is -1.79. The van der Waals surface area contributed by atoms with Crippen LogP contribution in [0.2, 0.25) is 0 Å². The molecule has 0 aliphatic heterocycles. The molecular weight excluding hydrogens is 666 g/mol. The van der Waals surface area contributed by atoms with Crippen LogP contribution in [0.5, 0.6) is 0 Å². The molecule has 0 aliphatic carbocycles. The van der Waals surface area contributed by atoms with Crippen molar-refractivity contribution in [1.29, 1.82) is 0 Å². The topological polar surface area (TPSA) is 102 Å². The zero-order valence-electron chi connectivity index (χ0n) is 34.2. The van der Waals surface area contributed by atoms with Crippen molar-refractivity contribution in [2.24, 2.45) is 0 Å². The molecule has 0 aliphatic rings. The molecule has 0 saturated heterocycles. The number of esters is 2. The molecule has 0 rings (SSSR count). The Balaban J connectivity index is 4.45. The second kappa shape index (κ2) is 35.8. The van der Waals surface area contributed by atoms with Gasteiger partial charge >= 0.3 is 11.9 Å². The van der Waals surface area contributed by atoms with E-state index >= 15 is 0 Å². The summed E-state index contributed by atoms with van der Waals surface area (Å²) in [4.78, 5) is 36.8. The van der Waals surface area contributed by atoms with Gasteiger partial charge in [0, 0.05) is 19.3 Å². The Morgan fingerprint density at radius 3 is 1.68 bits per heavy atom. The number of carbonyl (C=O) groups is 3. The third-order valence-electron chi connectivity index (χ3n) is 8.68. The number of rotatable bonds is 35. The number of quaternary nitrogens is 1. The summed E-state index contributed by atoms with van der Waals surface area (Å²) < 4.78 is 17.1. The predicted octanol–water partition coefficient (Wildman–Crippen LogP) is 9.46. The lowest BCUT2D eigenvalue weighted by atomic mass is 10.1. The number of carbonyl (C=O) groups excluding carboxylic acids is 3. The summed E-state index contributed by atoms with van der Waals surface area (Å²) >= 11 is 0. The Bertz CT molecular complexity index is 1100. The second-order valence-electron chi connectivity index (χ2n) is 14.6. The molecule has 8 nitrogen and oxygen atoms in total. The van der Waals surface area contributed by atoms with Gasteiger partial charge in [-0.1, -0.05) is 138 Å². The van der Waals surface area contributed by atoms with Gasteiger partial charge in [-0.25, -0.2) is 0 Å². The summed E-state index contributed by atoms with van der Waals surface area (Å²) in [7, 11) is 5.38. The highest BCUT2D eigenvalue weighted by molar-refractivity contribution is 5.70. The molecule has 0 amide bonds. The van der Waals surface area contributed by atoms with Crippen molar-refractivity contribution in [1.82, 2.24) is 0 Å². The summed E-state index contributed by atoms with van der Waals surface area (Å²) in [6.07, 6.45) is 43.5. The van der Waals surface area contributed by atoms with Gasteiger partial charge in [0.05, 0.1) is 40.3 Å². The van der Waals surface area contributed by atoms with Gasteiger partial charge in [-0.05, 0) is 57.8 Å². The van der Waals surface area contributed by atoms with E-state index in [0.717, 1.165) is 89.9 Å². The van der Waals surface area contributed by atoms with Gasteiger partial charge in [0.15, 0.2) is 6.10 Å². The number of nitrogens with zero attached hydrogens (tertiary/aromatic N) is 1. The number of carboxylic acids is 1. The smallest absolute Gasteiger partial charge is 0.306 e. The number of hydrogen-bond acceptors (Lipinski definition) is 7. The molecule has 0 aromatic heterocycles. The Hall–Kier alpha value is -3.23. The Morgan fingerprint density at radius 1 is 0.585 bits per heavy atom. The molecule has 0 bridgehead atoms. The van der Waals surface area contributed by atoms with E-state index in [1.54, 1.807) is 21.1 Å². The standard InChI is InChI=1S/C45H75NO7/c1-6-8-10-12-14-16-18-20-22-24-25-27-29-31-33-35-43(47)52-40-41(39-51-38-37-42(45(49)50)46(3,4)5)53-44(48)36-34-32-30-28-26-23-21-19-17-15-13-11-9-7-2/h8-12,14-18,20,22,41-42H,6-7,13,19,21,23-40H2,1-5H3/b10-8+,11-9+,14-12+,17-15+,18-16+,22-20+. The molecule has 2 unspecified atom stereocenters. The van der Waals surface area contributed by atoms with Crippen molar-refractivity contribution in [3.05, 3.63) is 72.9 Å². The highest BCUT2D eigenvalue weighted by Gasteiger charge is 2.25. The number of hydrogen-bond donors (Lipinski definition) is 0. The number of ether oxygens (including phenoxy) is 3. The first kappa shape index (κ1) is 49.8. The highest BCUT2D eigenvalue weighted by Crippen LogP contribution is 2.13. The summed E-state index contributed by atoms with van der Waals surface area (Å²) in [5.41, 5.74) is 0. The fraction of sp³-hybridized carbons (Fsp3) is 0.667. The van der Waals surface area contributed by atoms with Crippen LogP contribution in [0.4, 0.5) is 0 Å². The average molecular weight is 742 g/mol. The van der Waals surface area contributed by atoms with E-state index in [-0.39, 0.29) is 42.7 Å². The summed E-state index contributed by atoms with van der Waals surface area (Å²) in [6, 6.07) is -0.733. The number of allylic oxidation sites excluding steroid dienone is 12. The molecule has 0 radical (unpaired) electrons. The quantitative estimate of drug-likeness (QED) is 0.0210. The second-order valence-corrected chi connectivity index (χ2v) is 14.6. The van der Waals surface area contributed by atoms with Gasteiger partial charge < -0.3 is 28.6 Å². The van der Waals surface area contributed by atoms with Crippen LogP contribution in [0, 0.1) is 0 Å². The van der Waals surface area contributed by atoms with Crippen molar-refractivity contribution in [3.63, 3.8) is 0 Å². The number of likely N-dealkylation sites (N-methyl/N-ethyl adjacent to an activating group) is 1. The van der Waals surface area contributed by atoms with Crippen LogP contribution < -0.4 is 5.11 Å². The van der Waals surface area contributed by atoms with Gasteiger partial charge in [-0.2, -0.15) is 0 Å². The van der Waals surface area contributed by atoms with Crippen molar-refractivity contribution < 1.29 is 38.2 Å². The van der Waals surface area contributed by atoms with E-state index < -0.39 is 18.1 Å². The average Bonchev–Trinajstić information content (AvgIpc) is 3.11. The van der Waals surface area contributed by atoms with Crippen LogP contribution in [0.15, 0.2) is 72.9 Å². The Morgan fingerprint density at radius 2 is 1.09 bits per heavy atom. The van der Waals surface area contributed by atoms with Gasteiger partial charge in [-0.3, -0.25) is 9.59 Å². The number of carboxylic acid groups (broad SMARTS) is 1. The molecule has 8 heteroatoms. The SMILES string of the molecule is CC/C=C/C=C/C=C/C=C/CCCCCCCC(=O)OCC(COCCC(C(=O)[O-])[N+](C)(C)C)OC(=O)CCCCCCCCC/C=C/C/C=C/CC. The minimum absolute atomic E-state index is 0.0256. The monoisotopic (exact) mass is 742 g/mol. The Kier molecular flexibility index (Phi) is 33.6. The molecule has 53 heavy (non-hydrogen) atoms. The zero-order valence-corrected chi connectivity index (χ0v) is 34.2. The molecule has 2 atom stereocenters. The molecule has 0 saturated carbocycles. The van der Waals surface area contributed by atoms with E-state index in [9.17, 15) is 19.5 Å². The Labute approximate surface area is 323 Å². The van der Waals surface area contributed by atoms with Crippen molar-refractivity contribution in [3.8, 4) is 0 Å². The van der Waals surface area contributed by atoms with Gasteiger partial charge in [0.1, 0.15) is 12.6 Å². The van der Waals surface area contributed by atoms with E-state index in [2.05, 4.69) is 56.4 Å². The maximum Gasteiger partial charge on any atom is 0.306 e. The molecule has 0 fully saturated rings. The van der Waals surface area contributed by atoms with E-state index in [1.165, 1.54) is 19.3 Å². The first-order valence-electron chi connectivity index (χ1n) is 20.5. The first-order chi connectivity index (χ1) is 25.6. The van der Waals surface area contributed by atoms with Crippen LogP contribution in [0.1, 0.15) is 142 Å². The summed E-state index contributed by atoms with van der Waals surface area (Å²) in [6.45, 7) is 4.36. The third kappa shape index (κ3) is 34.3. The van der Waals surface area contributed by atoms with Crippen LogP contribution in [-0.4, -0.2) is 75.5 Å². The van der Waals surface area contributed by atoms with E-state index in [4.69, 9.17) is 14.2 Å². The van der Waals surface area contributed by atoms with Crippen LogP contribution in [-0.2, 0) is 28.6 Å². The fourth-order valence-corrected chi connectivity index (χ4v) is 5.53. The van der Waals surface area contributed by atoms with E-state index in [1.807, 2.05) is 30.4 Å². The molecular formula is C45H75NO7. The third-order valence-corrected chi connectivity index (χ3v) is 8.68. The molecule has 302 valence electrons. The lowest BCUT2D eigenvalue weighted by Gasteiger charge is -2.34. The minimum Gasteiger partial charge on any atom is -0.544 e. The molecule has 0 heterocycles. The lowest BCUT2D eigenvalue weighted by molar-refractivity contribution is -0.889. The minimum atomic E-state index is -1.13. The van der Waals surface area contributed by atoms with Crippen molar-refractivity contribution in [2.45, 2.75) is 154 Å². The predicted molar refractivity (Wildman–Crippen MR) is 217 cm³/mol. The van der Waals surface area contributed by atoms with Crippen LogP contribution in [0.3, 0.4) is 0 Å². The first-order valence-corrected chi connectivity index (χ1v) is 20.5. The van der Waals surface area contributed by atoms with E-state index in [0.29, 0.717) is 12.8 Å². The number of aliphatic carboxylic acids is 1. The van der Waals surface area contributed by atoms with Crippen LogP contribution >= 0.6 is 0 Å². The maximum absolute atomic E-state index is 12.7. The largest absolute Gasteiger partial charge is 0.544 e. The summed E-state index contributed by atoms with van der Waals surface area (Å²) in [5, 5.41) is 11.6. The lowest BCUT2D eigenvalue weighted by Crippen LogP contribution is -2.55. The van der Waals surface area contributed by atoms with Crippen LogP contribution in [0.25, 0.3) is 0 Å². The van der Waals surface area contributed by atoms with Gasteiger partial charge in [-0.15, -0.1) is 0 Å². The maximum atomic E-state index is 12.7. The fourth-order valence-electron chi connectivity index (χ4n) is 5.53. The van der Waals surface area contributed by atoms with Gasteiger partial charge in [0.25, 0.3) is 0 Å². The van der Waals surface area contributed by atoms with Crippen molar-refractivity contribution >= 4 is 17.9 Å². The highest BCUT2D eigenvalue weighted by atomic mass is 16.6. The molecule has 0 aromatic carbocycles. The van der Waals surface area contributed by atoms with Crippen molar-refractivity contribution in [2.75, 3.05) is 41.0 Å². The zero-order chi connectivity index (χ0) is 39.3. The molecule has 0 N–H and O–H groups in total. The molecule has 0 spiro atoms. The number of unbranched alkanes of at least 4 members (excludes halogenated alkanes) is 12. The normalized spacial score (nSPS) is 13.8. The molecule has 0 aromatic rings.